The Balaban J connectivity index is -0.000000845. The minimum absolute atomic E-state index is 0. The van der Waals surface area contributed by atoms with E-state index in [-0.39, 0.29) is 11.0 Å². The van der Waals surface area contributed by atoms with Crippen LogP contribution in [0.1, 0.15) is 0 Å². The third kappa shape index (κ3) is 7.00. The Hall–Kier alpha value is -1.36. The highest BCUT2D eigenvalue weighted by molar-refractivity contribution is 4.82. The number of quaternary nitrogens is 1. The lowest BCUT2D eigenvalue weighted by molar-refractivity contribution is -0.906. The van der Waals surface area contributed by atoms with Crippen LogP contribution in [0.25, 0.3) is 0 Å². The molecule has 0 aromatic rings. The lowest BCUT2D eigenvalue weighted by Gasteiger charge is -2.35. The largest absolute Gasteiger partial charge is 0.870 e. The zero-order valence-electron chi connectivity index (χ0n) is 9.81. The summed E-state index contributed by atoms with van der Waals surface area (Å²) in [5.41, 5.74) is 5.36. The molecule has 0 unspecified atom stereocenters. The van der Waals surface area contributed by atoms with E-state index in [1.54, 1.807) is 6.20 Å². The molecule has 0 saturated heterocycles. The lowest BCUT2D eigenvalue weighted by atomic mass is 10.3. The lowest BCUT2D eigenvalue weighted by Crippen LogP contribution is -2.48. The van der Waals surface area contributed by atoms with E-state index in [0.717, 1.165) is 30.7 Å². The van der Waals surface area contributed by atoms with Crippen LogP contribution in [0.4, 0.5) is 0 Å². The number of nitrogens with zero attached hydrogens (tertiary/aromatic N) is 1. The highest BCUT2D eigenvalue weighted by Gasteiger charge is 2.20. The van der Waals surface area contributed by atoms with Crippen LogP contribution in [0.2, 0.25) is 0 Å². The Bertz CT molecular complexity index is 199. The number of hydrogen-bond acceptors (Lipinski definition) is 2. The van der Waals surface area contributed by atoms with Gasteiger partial charge in [-0.25, -0.2) is 0 Å². The van der Waals surface area contributed by atoms with Gasteiger partial charge < -0.3 is 21.2 Å². The van der Waals surface area contributed by atoms with Crippen molar-refractivity contribution in [2.45, 2.75) is 0 Å². The highest BCUT2D eigenvalue weighted by Crippen LogP contribution is 2.07. The van der Waals surface area contributed by atoms with Crippen molar-refractivity contribution in [1.29, 1.82) is 0 Å². The molecule has 0 aliphatic carbocycles. The fraction of sp³-hybridized carbons (Fsp3) is 0.333. The Labute approximate surface area is 98.3 Å². The van der Waals surface area contributed by atoms with Crippen LogP contribution in [0, 0.1) is 0 Å². The second kappa shape index (κ2) is 11.7. The van der Waals surface area contributed by atoms with E-state index in [9.17, 15) is 0 Å². The third-order valence-corrected chi connectivity index (χ3v) is 2.18. The van der Waals surface area contributed by atoms with Crippen molar-refractivity contribution in [3.63, 3.8) is 0 Å². The van der Waals surface area contributed by atoms with Crippen LogP contribution in [-0.2, 0) is 0 Å². The average molecular weight is 228 g/mol. The van der Waals surface area contributed by atoms with Crippen LogP contribution < -0.4 is 5.73 Å². The second-order valence-corrected chi connectivity index (χ2v) is 3.37. The van der Waals surface area contributed by atoms with Crippen molar-refractivity contribution in [2.24, 2.45) is 5.73 Å². The normalized spacial score (nSPS) is 10.0. The summed E-state index contributed by atoms with van der Waals surface area (Å²) in [6, 6.07) is 0. The Morgan fingerprint density at radius 2 is 1.25 bits per heavy atom. The summed E-state index contributed by atoms with van der Waals surface area (Å²) in [7, 11) is 0. The maximum absolute atomic E-state index is 5.36. The summed E-state index contributed by atoms with van der Waals surface area (Å²) in [5, 5.41) is 0. The molecular formula is C12H24N2O2. The van der Waals surface area contributed by atoms with Gasteiger partial charge in [-0.3, -0.25) is 0 Å². The minimum Gasteiger partial charge on any atom is -0.870 e. The summed E-state index contributed by atoms with van der Waals surface area (Å²) < 4.78 is 0.865. The average Bonchev–Trinajstić information content (AvgIpc) is 2.16. The molecule has 0 atom stereocenters. The van der Waals surface area contributed by atoms with Crippen molar-refractivity contribution < 1.29 is 15.4 Å². The van der Waals surface area contributed by atoms with Gasteiger partial charge in [-0.05, 0) is 30.5 Å². The monoisotopic (exact) mass is 228 g/mol. The first-order valence-corrected chi connectivity index (χ1v) is 4.79. The molecule has 0 bridgehead atoms. The van der Waals surface area contributed by atoms with Gasteiger partial charge in [0, 0.05) is 0 Å². The molecule has 0 saturated carbocycles. The highest BCUT2D eigenvalue weighted by atomic mass is 16.0. The first-order chi connectivity index (χ1) is 6.74. The van der Waals surface area contributed by atoms with Gasteiger partial charge in [0.1, 0.15) is 0 Å². The van der Waals surface area contributed by atoms with E-state index in [1.807, 2.05) is 24.3 Å². The summed E-state index contributed by atoms with van der Waals surface area (Å²) in [5.74, 6) is 0. The van der Waals surface area contributed by atoms with E-state index in [2.05, 4.69) is 19.7 Å². The van der Waals surface area contributed by atoms with Crippen molar-refractivity contribution in [1.82, 2.24) is 0 Å². The molecule has 4 nitrogen and oxygen atoms in total. The van der Waals surface area contributed by atoms with Crippen molar-refractivity contribution in [3.05, 3.63) is 50.2 Å². The Morgan fingerprint density at radius 1 is 0.875 bits per heavy atom. The molecule has 16 heavy (non-hydrogen) atoms. The molecule has 0 aliphatic rings. The van der Waals surface area contributed by atoms with Crippen LogP contribution in [0.15, 0.2) is 50.2 Å². The SMILES string of the molecule is C=CC[N+](CC=C)(CC=C)CC=CN.O.[OH-]. The molecule has 5 N–H and O–H groups in total. The molecule has 0 rings (SSSR count). The smallest absolute Gasteiger partial charge is 0.0998 e. The minimum atomic E-state index is 0. The fourth-order valence-electron chi connectivity index (χ4n) is 1.55. The van der Waals surface area contributed by atoms with Gasteiger partial charge in [0.05, 0.1) is 26.2 Å². The van der Waals surface area contributed by atoms with Crippen LogP contribution >= 0.6 is 0 Å². The van der Waals surface area contributed by atoms with Crippen LogP contribution in [-0.4, -0.2) is 41.6 Å². The van der Waals surface area contributed by atoms with Gasteiger partial charge in [-0.2, -0.15) is 0 Å². The predicted molar refractivity (Wildman–Crippen MR) is 69.2 cm³/mol. The second-order valence-electron chi connectivity index (χ2n) is 3.37. The van der Waals surface area contributed by atoms with Gasteiger partial charge in [-0.15, -0.1) is 0 Å². The summed E-state index contributed by atoms with van der Waals surface area (Å²) in [6.45, 7) is 14.9. The maximum atomic E-state index is 5.36. The summed E-state index contributed by atoms with van der Waals surface area (Å²) in [6.07, 6.45) is 9.34. The van der Waals surface area contributed by atoms with Crippen molar-refractivity contribution in [2.75, 3.05) is 26.2 Å². The molecule has 0 heterocycles. The summed E-state index contributed by atoms with van der Waals surface area (Å²) in [4.78, 5) is 0. The first kappa shape index (κ1) is 20.1. The predicted octanol–water partition coefficient (Wildman–Crippen LogP) is 0.832. The standard InChI is InChI=1S/C12H21N2.2H2O/c1-4-9-14(10-5-2,11-6-3)12-7-8-13;;/h4-8H,1-3,9-13H2;2*1H2/q+1;;/p-1. The van der Waals surface area contributed by atoms with Gasteiger partial charge in [0.15, 0.2) is 0 Å². The van der Waals surface area contributed by atoms with Crippen molar-refractivity contribution in [3.8, 4) is 0 Å². The molecular weight excluding hydrogens is 204 g/mol. The summed E-state index contributed by atoms with van der Waals surface area (Å²) >= 11 is 0. The number of hydrogen-bond donors (Lipinski definition) is 1. The quantitative estimate of drug-likeness (QED) is 0.492. The number of rotatable bonds is 8. The van der Waals surface area contributed by atoms with Crippen molar-refractivity contribution >= 4 is 0 Å². The molecule has 0 aliphatic heterocycles. The molecule has 0 aromatic carbocycles. The molecule has 0 radical (unpaired) electrons. The van der Waals surface area contributed by atoms with E-state index in [4.69, 9.17) is 5.73 Å². The maximum Gasteiger partial charge on any atom is 0.0998 e. The van der Waals surface area contributed by atoms with E-state index < -0.39 is 0 Å². The zero-order chi connectivity index (χ0) is 10.9. The van der Waals surface area contributed by atoms with E-state index >= 15 is 0 Å². The molecule has 0 amide bonds. The van der Waals surface area contributed by atoms with E-state index in [0.29, 0.717) is 0 Å². The number of nitrogens with two attached hydrogens (primary N) is 1. The van der Waals surface area contributed by atoms with Gasteiger partial charge in [0.2, 0.25) is 0 Å². The van der Waals surface area contributed by atoms with E-state index in [1.165, 1.54) is 0 Å². The Kier molecular flexibility index (Phi) is 14.7. The zero-order valence-corrected chi connectivity index (χ0v) is 9.81. The van der Waals surface area contributed by atoms with Crippen LogP contribution in [0.5, 0.6) is 0 Å². The molecule has 0 aromatic heterocycles. The third-order valence-electron chi connectivity index (χ3n) is 2.18. The first-order valence-electron chi connectivity index (χ1n) is 4.79. The fourth-order valence-corrected chi connectivity index (χ4v) is 1.55. The van der Waals surface area contributed by atoms with Gasteiger partial charge in [-0.1, -0.05) is 19.7 Å². The molecule has 0 fully saturated rings. The van der Waals surface area contributed by atoms with Crippen LogP contribution in [0.3, 0.4) is 0 Å². The Morgan fingerprint density at radius 3 is 1.50 bits per heavy atom. The van der Waals surface area contributed by atoms with Gasteiger partial charge >= 0.3 is 0 Å². The molecule has 94 valence electrons. The molecule has 4 heteroatoms. The van der Waals surface area contributed by atoms with Gasteiger partial charge in [0.25, 0.3) is 0 Å². The topological polar surface area (TPSA) is 87.5 Å². The molecule has 0 spiro atoms.